The molecule has 2 unspecified atom stereocenters. The second-order valence-corrected chi connectivity index (χ2v) is 6.77. The van der Waals surface area contributed by atoms with Gasteiger partial charge in [-0.25, -0.2) is 0 Å². The Balaban J connectivity index is 1.54. The van der Waals surface area contributed by atoms with Crippen molar-refractivity contribution in [1.29, 1.82) is 0 Å². The van der Waals surface area contributed by atoms with E-state index in [1.165, 1.54) is 24.8 Å². The molecule has 114 valence electrons. The van der Waals surface area contributed by atoms with Crippen LogP contribution in [-0.4, -0.2) is 19.0 Å². The highest BCUT2D eigenvalue weighted by molar-refractivity contribution is 6.30. The van der Waals surface area contributed by atoms with Crippen LogP contribution >= 0.6 is 11.6 Å². The first-order valence-corrected chi connectivity index (χ1v) is 8.36. The summed E-state index contributed by atoms with van der Waals surface area (Å²) in [5.41, 5.74) is 1.18. The van der Waals surface area contributed by atoms with E-state index in [1.54, 1.807) is 0 Å². The summed E-state index contributed by atoms with van der Waals surface area (Å²) in [7, 11) is 0. The second-order valence-electron chi connectivity index (χ2n) is 6.33. The smallest absolute Gasteiger partial charge is 0.220 e. The summed E-state index contributed by atoms with van der Waals surface area (Å²) in [6, 6.07) is 8.04. The lowest BCUT2D eigenvalue weighted by molar-refractivity contribution is -0.122. The number of carbonyl (C=O) groups is 1. The summed E-state index contributed by atoms with van der Waals surface area (Å²) < 4.78 is 0. The number of hydrogen-bond acceptors (Lipinski definition) is 2. The highest BCUT2D eigenvalue weighted by Crippen LogP contribution is 2.41. The lowest BCUT2D eigenvalue weighted by Gasteiger charge is -2.19. The topological polar surface area (TPSA) is 41.1 Å². The summed E-state index contributed by atoms with van der Waals surface area (Å²) in [6.07, 6.45) is 5.26. The van der Waals surface area contributed by atoms with Gasteiger partial charge in [0.2, 0.25) is 5.91 Å². The Morgan fingerprint density at radius 2 is 2.05 bits per heavy atom. The first-order chi connectivity index (χ1) is 10.2. The van der Waals surface area contributed by atoms with Gasteiger partial charge in [-0.05, 0) is 68.3 Å². The Kier molecular flexibility index (Phi) is 4.81. The second kappa shape index (κ2) is 6.80. The van der Waals surface area contributed by atoms with Crippen molar-refractivity contribution in [2.75, 3.05) is 13.1 Å². The van der Waals surface area contributed by atoms with E-state index in [2.05, 4.69) is 10.6 Å². The zero-order valence-corrected chi connectivity index (χ0v) is 13.0. The third kappa shape index (κ3) is 4.21. The Hall–Kier alpha value is -1.06. The van der Waals surface area contributed by atoms with Gasteiger partial charge in [0.1, 0.15) is 0 Å². The van der Waals surface area contributed by atoms with Crippen molar-refractivity contribution in [1.82, 2.24) is 10.6 Å². The van der Waals surface area contributed by atoms with Crippen molar-refractivity contribution in [3.05, 3.63) is 34.9 Å². The van der Waals surface area contributed by atoms with Crippen LogP contribution in [0.2, 0.25) is 5.02 Å². The molecular formula is C17H23ClN2O. The molecule has 1 heterocycles. The first-order valence-electron chi connectivity index (χ1n) is 7.98. The number of hydrogen-bond donors (Lipinski definition) is 2. The van der Waals surface area contributed by atoms with E-state index >= 15 is 0 Å². The Morgan fingerprint density at radius 1 is 1.29 bits per heavy atom. The molecule has 3 nitrogen and oxygen atoms in total. The van der Waals surface area contributed by atoms with E-state index in [0.29, 0.717) is 18.3 Å². The molecule has 2 N–H and O–H groups in total. The van der Waals surface area contributed by atoms with Crippen LogP contribution in [-0.2, 0) is 4.79 Å². The average Bonchev–Trinajstić information content (AvgIpc) is 3.19. The highest BCUT2D eigenvalue weighted by atomic mass is 35.5. The van der Waals surface area contributed by atoms with Gasteiger partial charge in [0.05, 0.1) is 6.04 Å². The van der Waals surface area contributed by atoms with Crippen molar-refractivity contribution in [3.8, 4) is 0 Å². The predicted molar refractivity (Wildman–Crippen MR) is 85.3 cm³/mol. The molecule has 1 aliphatic carbocycles. The average molecular weight is 307 g/mol. The summed E-state index contributed by atoms with van der Waals surface area (Å²) in [4.78, 5) is 12.2. The van der Waals surface area contributed by atoms with Gasteiger partial charge in [0.15, 0.2) is 0 Å². The van der Waals surface area contributed by atoms with Crippen molar-refractivity contribution in [2.24, 2.45) is 11.8 Å². The Labute approximate surface area is 131 Å². The van der Waals surface area contributed by atoms with Crippen LogP contribution in [0.3, 0.4) is 0 Å². The summed E-state index contributed by atoms with van der Waals surface area (Å²) in [6.45, 7) is 2.16. The molecule has 0 bridgehead atoms. The van der Waals surface area contributed by atoms with Gasteiger partial charge in [-0.3, -0.25) is 4.79 Å². The third-order valence-corrected chi connectivity index (χ3v) is 4.83. The van der Waals surface area contributed by atoms with Gasteiger partial charge in [-0.1, -0.05) is 23.7 Å². The fraction of sp³-hybridized carbons (Fsp3) is 0.588. The SMILES string of the molecule is O=C(CCC1CCNC1)NC(c1ccc(Cl)cc1)C1CC1. The maximum atomic E-state index is 12.2. The van der Waals surface area contributed by atoms with Crippen LogP contribution in [0.4, 0.5) is 0 Å². The molecule has 1 saturated heterocycles. The molecule has 2 fully saturated rings. The lowest BCUT2D eigenvalue weighted by Crippen LogP contribution is -2.30. The number of carbonyl (C=O) groups excluding carboxylic acids is 1. The molecule has 4 heteroatoms. The predicted octanol–water partition coefficient (Wildman–Crippen LogP) is 3.30. The van der Waals surface area contributed by atoms with Gasteiger partial charge in [-0.2, -0.15) is 0 Å². The molecule has 1 aromatic carbocycles. The monoisotopic (exact) mass is 306 g/mol. The van der Waals surface area contributed by atoms with Gasteiger partial charge in [0.25, 0.3) is 0 Å². The molecule has 0 aromatic heterocycles. The molecule has 1 aliphatic heterocycles. The zero-order chi connectivity index (χ0) is 14.7. The normalized spacial score (nSPS) is 23.0. The fourth-order valence-corrected chi connectivity index (χ4v) is 3.24. The molecule has 1 saturated carbocycles. The molecule has 2 atom stereocenters. The minimum absolute atomic E-state index is 0.163. The number of rotatable bonds is 6. The van der Waals surface area contributed by atoms with E-state index in [0.717, 1.165) is 24.5 Å². The molecule has 0 spiro atoms. The van der Waals surface area contributed by atoms with E-state index < -0.39 is 0 Å². The van der Waals surface area contributed by atoms with E-state index in [1.807, 2.05) is 24.3 Å². The van der Waals surface area contributed by atoms with Crippen LogP contribution in [0.1, 0.15) is 43.7 Å². The molecule has 1 aromatic rings. The van der Waals surface area contributed by atoms with Gasteiger partial charge in [0, 0.05) is 11.4 Å². The molecule has 2 aliphatic rings. The van der Waals surface area contributed by atoms with Crippen LogP contribution in [0, 0.1) is 11.8 Å². The maximum absolute atomic E-state index is 12.2. The van der Waals surface area contributed by atoms with Gasteiger partial charge < -0.3 is 10.6 Å². The highest BCUT2D eigenvalue weighted by Gasteiger charge is 2.33. The van der Waals surface area contributed by atoms with E-state index in [4.69, 9.17) is 11.6 Å². The van der Waals surface area contributed by atoms with E-state index in [9.17, 15) is 4.79 Å². The zero-order valence-electron chi connectivity index (χ0n) is 12.3. The number of amides is 1. The molecule has 21 heavy (non-hydrogen) atoms. The molecular weight excluding hydrogens is 284 g/mol. The maximum Gasteiger partial charge on any atom is 0.220 e. The van der Waals surface area contributed by atoms with Gasteiger partial charge in [-0.15, -0.1) is 0 Å². The lowest BCUT2D eigenvalue weighted by atomic mass is 10.00. The summed E-state index contributed by atoms with van der Waals surface area (Å²) >= 11 is 5.95. The minimum Gasteiger partial charge on any atom is -0.349 e. The molecule has 0 radical (unpaired) electrons. The van der Waals surface area contributed by atoms with Crippen molar-refractivity contribution in [3.63, 3.8) is 0 Å². The third-order valence-electron chi connectivity index (χ3n) is 4.58. The fourth-order valence-electron chi connectivity index (χ4n) is 3.11. The van der Waals surface area contributed by atoms with Crippen LogP contribution in [0.25, 0.3) is 0 Å². The summed E-state index contributed by atoms with van der Waals surface area (Å²) in [5.74, 6) is 1.46. The van der Waals surface area contributed by atoms with E-state index in [-0.39, 0.29) is 11.9 Å². The van der Waals surface area contributed by atoms with Crippen LogP contribution in [0.15, 0.2) is 24.3 Å². The van der Waals surface area contributed by atoms with Crippen molar-refractivity contribution < 1.29 is 4.79 Å². The molecule has 1 amide bonds. The molecule has 3 rings (SSSR count). The van der Waals surface area contributed by atoms with Crippen LogP contribution < -0.4 is 10.6 Å². The minimum atomic E-state index is 0.163. The number of halogens is 1. The van der Waals surface area contributed by atoms with Gasteiger partial charge >= 0.3 is 0 Å². The largest absolute Gasteiger partial charge is 0.349 e. The Morgan fingerprint density at radius 3 is 2.67 bits per heavy atom. The summed E-state index contributed by atoms with van der Waals surface area (Å²) in [5, 5.41) is 7.33. The van der Waals surface area contributed by atoms with Crippen LogP contribution in [0.5, 0.6) is 0 Å². The standard InChI is InChI=1S/C17H23ClN2O/c18-15-6-4-14(5-7-15)17(13-2-3-13)20-16(21)8-1-12-9-10-19-11-12/h4-7,12-13,17,19H,1-3,8-11H2,(H,20,21). The first kappa shape index (κ1) is 14.9. The van der Waals surface area contributed by atoms with Crippen molar-refractivity contribution >= 4 is 17.5 Å². The quantitative estimate of drug-likeness (QED) is 0.846. The van der Waals surface area contributed by atoms with Crippen molar-refractivity contribution in [2.45, 2.75) is 38.1 Å². The Bertz CT molecular complexity index is 478. The number of nitrogens with one attached hydrogen (secondary N) is 2. The number of benzene rings is 1.